The number of hydrazone groups is 1. The number of rotatable bonds is 7. The SMILES string of the molecule is CC(C)CC(=NNC(=O)C(O)(c1ccccc1)c1ccccc1)c1ccccc1. The van der Waals surface area contributed by atoms with Crippen LogP contribution in [0.2, 0.25) is 0 Å². The highest BCUT2D eigenvalue weighted by atomic mass is 16.3. The fourth-order valence-electron chi connectivity index (χ4n) is 3.23. The van der Waals surface area contributed by atoms with Crippen molar-refractivity contribution in [2.75, 3.05) is 0 Å². The molecule has 0 saturated heterocycles. The zero-order chi connectivity index (χ0) is 20.7. The number of aliphatic hydroxyl groups is 1. The van der Waals surface area contributed by atoms with Crippen LogP contribution in [0.4, 0.5) is 0 Å². The van der Waals surface area contributed by atoms with Crippen molar-refractivity contribution in [1.29, 1.82) is 0 Å². The maximum atomic E-state index is 13.2. The van der Waals surface area contributed by atoms with Crippen LogP contribution < -0.4 is 5.43 Å². The molecule has 0 fully saturated rings. The average molecular weight is 386 g/mol. The van der Waals surface area contributed by atoms with Gasteiger partial charge in [-0.3, -0.25) is 4.79 Å². The Kier molecular flexibility index (Phi) is 6.57. The fraction of sp³-hybridized carbons (Fsp3) is 0.200. The Morgan fingerprint density at radius 2 is 1.31 bits per heavy atom. The van der Waals surface area contributed by atoms with Crippen LogP contribution in [0.3, 0.4) is 0 Å². The van der Waals surface area contributed by atoms with Crippen LogP contribution in [0.25, 0.3) is 0 Å². The molecular weight excluding hydrogens is 360 g/mol. The smallest absolute Gasteiger partial charge is 0.281 e. The first kappa shape index (κ1) is 20.5. The second kappa shape index (κ2) is 9.30. The third-order valence-corrected chi connectivity index (χ3v) is 4.71. The molecular formula is C25H26N2O2. The minimum atomic E-state index is -1.84. The third kappa shape index (κ3) is 4.79. The fourth-order valence-corrected chi connectivity index (χ4v) is 3.23. The third-order valence-electron chi connectivity index (χ3n) is 4.71. The molecule has 0 unspecified atom stereocenters. The van der Waals surface area contributed by atoms with E-state index in [1.165, 1.54) is 0 Å². The van der Waals surface area contributed by atoms with E-state index in [4.69, 9.17) is 0 Å². The standard InChI is InChI=1S/C25H26N2O2/c1-19(2)18-23(20-12-6-3-7-13-20)26-27-24(28)25(29,21-14-8-4-9-15-21)22-16-10-5-11-17-22/h3-17,19,29H,18H2,1-2H3,(H,27,28). The summed E-state index contributed by atoms with van der Waals surface area (Å²) in [4.78, 5) is 13.2. The Hall–Kier alpha value is -3.24. The molecule has 3 aromatic carbocycles. The van der Waals surface area contributed by atoms with Gasteiger partial charge in [0.05, 0.1) is 5.71 Å². The summed E-state index contributed by atoms with van der Waals surface area (Å²) in [5.74, 6) is -0.222. The molecule has 0 bridgehead atoms. The van der Waals surface area contributed by atoms with Gasteiger partial charge in [-0.05, 0) is 29.0 Å². The molecule has 0 aromatic heterocycles. The number of amides is 1. The van der Waals surface area contributed by atoms with Crippen LogP contribution >= 0.6 is 0 Å². The number of hydrogen-bond acceptors (Lipinski definition) is 3. The summed E-state index contributed by atoms with van der Waals surface area (Å²) < 4.78 is 0. The number of carbonyl (C=O) groups excluding carboxylic acids is 1. The monoisotopic (exact) mass is 386 g/mol. The predicted molar refractivity (Wildman–Crippen MR) is 116 cm³/mol. The van der Waals surface area contributed by atoms with Gasteiger partial charge in [-0.25, -0.2) is 5.43 Å². The maximum Gasteiger partial charge on any atom is 0.281 e. The number of nitrogens with one attached hydrogen (secondary N) is 1. The van der Waals surface area contributed by atoms with Crippen LogP contribution in [-0.4, -0.2) is 16.7 Å². The second-order valence-corrected chi connectivity index (χ2v) is 7.41. The Labute approximate surface area is 171 Å². The van der Waals surface area contributed by atoms with Gasteiger partial charge in [-0.1, -0.05) is 105 Å². The average Bonchev–Trinajstić information content (AvgIpc) is 2.77. The largest absolute Gasteiger partial charge is 0.372 e. The summed E-state index contributed by atoms with van der Waals surface area (Å²) in [5, 5.41) is 15.9. The Bertz CT molecular complexity index is 912. The zero-order valence-corrected chi connectivity index (χ0v) is 16.7. The van der Waals surface area contributed by atoms with Crippen molar-refractivity contribution in [3.05, 3.63) is 108 Å². The summed E-state index contributed by atoms with van der Waals surface area (Å²) in [6.07, 6.45) is 0.708. The van der Waals surface area contributed by atoms with E-state index in [2.05, 4.69) is 24.4 Å². The maximum absolute atomic E-state index is 13.2. The lowest BCUT2D eigenvalue weighted by Gasteiger charge is -2.27. The Balaban J connectivity index is 1.97. The summed E-state index contributed by atoms with van der Waals surface area (Å²) in [7, 11) is 0. The zero-order valence-electron chi connectivity index (χ0n) is 16.7. The van der Waals surface area contributed by atoms with E-state index in [0.29, 0.717) is 23.5 Å². The van der Waals surface area contributed by atoms with Crippen molar-refractivity contribution < 1.29 is 9.90 Å². The molecule has 0 aliphatic rings. The van der Waals surface area contributed by atoms with Crippen molar-refractivity contribution in [3.8, 4) is 0 Å². The van der Waals surface area contributed by atoms with E-state index in [9.17, 15) is 9.90 Å². The summed E-state index contributed by atoms with van der Waals surface area (Å²) >= 11 is 0. The second-order valence-electron chi connectivity index (χ2n) is 7.41. The van der Waals surface area contributed by atoms with Gasteiger partial charge in [-0.2, -0.15) is 5.10 Å². The minimum absolute atomic E-state index is 0.369. The van der Waals surface area contributed by atoms with Gasteiger partial charge in [0.2, 0.25) is 0 Å². The van der Waals surface area contributed by atoms with Gasteiger partial charge < -0.3 is 5.11 Å². The first-order chi connectivity index (χ1) is 14.0. The minimum Gasteiger partial charge on any atom is -0.372 e. The van der Waals surface area contributed by atoms with Gasteiger partial charge in [0.15, 0.2) is 5.60 Å². The molecule has 0 aliphatic heterocycles. The van der Waals surface area contributed by atoms with Crippen LogP contribution in [0, 0.1) is 5.92 Å². The molecule has 0 atom stereocenters. The highest BCUT2D eigenvalue weighted by Crippen LogP contribution is 2.30. The Morgan fingerprint density at radius 1 is 0.862 bits per heavy atom. The lowest BCUT2D eigenvalue weighted by atomic mass is 9.85. The lowest BCUT2D eigenvalue weighted by Crippen LogP contribution is -2.44. The lowest BCUT2D eigenvalue weighted by molar-refractivity contribution is -0.136. The molecule has 4 heteroatoms. The molecule has 0 heterocycles. The molecule has 3 aromatic rings. The van der Waals surface area contributed by atoms with E-state index < -0.39 is 11.5 Å². The molecule has 2 N–H and O–H groups in total. The number of carbonyl (C=O) groups is 1. The molecule has 29 heavy (non-hydrogen) atoms. The van der Waals surface area contributed by atoms with Crippen molar-refractivity contribution in [3.63, 3.8) is 0 Å². The highest BCUT2D eigenvalue weighted by molar-refractivity contribution is 6.01. The van der Waals surface area contributed by atoms with Gasteiger partial charge in [-0.15, -0.1) is 0 Å². The van der Waals surface area contributed by atoms with Crippen molar-refractivity contribution in [2.45, 2.75) is 25.9 Å². The first-order valence-electron chi connectivity index (χ1n) is 9.77. The predicted octanol–water partition coefficient (Wildman–Crippen LogP) is 4.49. The van der Waals surface area contributed by atoms with Crippen molar-refractivity contribution in [1.82, 2.24) is 5.43 Å². The van der Waals surface area contributed by atoms with E-state index in [1.807, 2.05) is 42.5 Å². The number of nitrogens with zero attached hydrogens (tertiary/aromatic N) is 1. The van der Waals surface area contributed by atoms with Crippen LogP contribution in [0.1, 0.15) is 37.0 Å². The van der Waals surface area contributed by atoms with Crippen molar-refractivity contribution >= 4 is 11.6 Å². The van der Waals surface area contributed by atoms with Crippen LogP contribution in [-0.2, 0) is 10.4 Å². The molecule has 0 spiro atoms. The quantitative estimate of drug-likeness (QED) is 0.464. The molecule has 1 amide bonds. The molecule has 3 rings (SSSR count). The Morgan fingerprint density at radius 3 is 1.76 bits per heavy atom. The van der Waals surface area contributed by atoms with Gasteiger partial charge in [0.25, 0.3) is 5.91 Å². The molecule has 0 radical (unpaired) electrons. The summed E-state index contributed by atoms with van der Waals surface area (Å²) in [6.45, 7) is 4.20. The van der Waals surface area contributed by atoms with E-state index in [1.54, 1.807) is 48.5 Å². The van der Waals surface area contributed by atoms with E-state index >= 15 is 0 Å². The van der Waals surface area contributed by atoms with Gasteiger partial charge in [0, 0.05) is 0 Å². The normalized spacial score (nSPS) is 12.1. The van der Waals surface area contributed by atoms with Crippen molar-refractivity contribution in [2.24, 2.45) is 11.0 Å². The topological polar surface area (TPSA) is 61.7 Å². The summed E-state index contributed by atoms with van der Waals surface area (Å²) in [5.41, 5.74) is 3.49. The first-order valence-corrected chi connectivity index (χ1v) is 9.77. The van der Waals surface area contributed by atoms with Gasteiger partial charge >= 0.3 is 0 Å². The van der Waals surface area contributed by atoms with Crippen LogP contribution in [0.5, 0.6) is 0 Å². The highest BCUT2D eigenvalue weighted by Gasteiger charge is 2.40. The van der Waals surface area contributed by atoms with Crippen LogP contribution in [0.15, 0.2) is 96.1 Å². The molecule has 0 saturated carbocycles. The van der Waals surface area contributed by atoms with Gasteiger partial charge in [0.1, 0.15) is 0 Å². The number of hydrogen-bond donors (Lipinski definition) is 2. The number of benzene rings is 3. The summed E-state index contributed by atoms with van der Waals surface area (Å²) in [6, 6.07) is 27.6. The molecule has 148 valence electrons. The van der Waals surface area contributed by atoms with E-state index in [-0.39, 0.29) is 0 Å². The van der Waals surface area contributed by atoms with E-state index in [0.717, 1.165) is 11.3 Å². The molecule has 4 nitrogen and oxygen atoms in total. The molecule has 0 aliphatic carbocycles.